The van der Waals surface area contributed by atoms with Gasteiger partial charge in [-0.05, 0) is 44.6 Å². The number of amides is 2. The molecule has 0 saturated carbocycles. The Balaban J connectivity index is 1.35. The molecule has 0 unspecified atom stereocenters. The molecule has 2 aromatic heterocycles. The predicted molar refractivity (Wildman–Crippen MR) is 107 cm³/mol. The first-order valence-electron chi connectivity index (χ1n) is 10.3. The van der Waals surface area contributed by atoms with E-state index in [0.717, 1.165) is 56.0 Å². The monoisotopic (exact) mass is 396 g/mol. The molecule has 2 aliphatic heterocycles. The van der Waals surface area contributed by atoms with Crippen LogP contribution in [-0.2, 0) is 22.7 Å². The highest BCUT2D eigenvalue weighted by molar-refractivity contribution is 5.77. The third-order valence-corrected chi connectivity index (χ3v) is 6.33. The molecular formula is C21H28N6O2. The number of hydrogen-bond acceptors (Lipinski definition) is 5. The van der Waals surface area contributed by atoms with Crippen LogP contribution in [0.3, 0.4) is 0 Å². The maximum absolute atomic E-state index is 12.7. The van der Waals surface area contributed by atoms with Gasteiger partial charge in [0, 0.05) is 44.1 Å². The second-order valence-corrected chi connectivity index (χ2v) is 8.41. The Labute approximate surface area is 170 Å². The van der Waals surface area contributed by atoms with E-state index in [0.29, 0.717) is 19.5 Å². The zero-order valence-corrected chi connectivity index (χ0v) is 17.2. The molecule has 0 aliphatic carbocycles. The lowest BCUT2D eigenvalue weighted by Crippen LogP contribution is -2.52. The quantitative estimate of drug-likeness (QED) is 0.786. The van der Waals surface area contributed by atoms with Gasteiger partial charge in [0.2, 0.25) is 11.8 Å². The van der Waals surface area contributed by atoms with Gasteiger partial charge < -0.3 is 9.80 Å². The van der Waals surface area contributed by atoms with Gasteiger partial charge in [0.05, 0.1) is 24.1 Å². The van der Waals surface area contributed by atoms with Gasteiger partial charge in [0.25, 0.3) is 0 Å². The lowest BCUT2D eigenvalue weighted by molar-refractivity contribution is -0.143. The molecule has 8 nitrogen and oxygen atoms in total. The second-order valence-electron chi connectivity index (χ2n) is 8.41. The van der Waals surface area contributed by atoms with Crippen LogP contribution in [0.25, 0.3) is 0 Å². The number of piperidine rings is 2. The van der Waals surface area contributed by atoms with E-state index in [1.807, 2.05) is 29.7 Å². The summed E-state index contributed by atoms with van der Waals surface area (Å²) in [6.45, 7) is 6.88. The van der Waals surface area contributed by atoms with Crippen molar-refractivity contribution in [2.75, 3.05) is 19.6 Å². The number of rotatable bonds is 4. The summed E-state index contributed by atoms with van der Waals surface area (Å²) in [6, 6.07) is 1.91. The summed E-state index contributed by atoms with van der Waals surface area (Å²) in [6.07, 6.45) is 8.55. The van der Waals surface area contributed by atoms with Crippen LogP contribution >= 0.6 is 0 Å². The summed E-state index contributed by atoms with van der Waals surface area (Å²) >= 11 is 0. The zero-order chi connectivity index (χ0) is 20.4. The Kier molecular flexibility index (Phi) is 5.34. The van der Waals surface area contributed by atoms with Gasteiger partial charge in [-0.3, -0.25) is 24.2 Å². The van der Waals surface area contributed by atoms with Gasteiger partial charge in [-0.1, -0.05) is 0 Å². The molecule has 0 N–H and O–H groups in total. The molecule has 1 spiro atoms. The topological polar surface area (TPSA) is 84.2 Å². The summed E-state index contributed by atoms with van der Waals surface area (Å²) in [4.78, 5) is 37.7. The molecule has 8 heteroatoms. The van der Waals surface area contributed by atoms with Crippen molar-refractivity contribution in [1.82, 2.24) is 29.5 Å². The van der Waals surface area contributed by atoms with Crippen molar-refractivity contribution in [3.63, 3.8) is 0 Å². The SMILES string of the molecule is Cc1cnc(CN2CC3(CCC2=O)CCN(C(=O)Cn2nccc2C)CC3)cn1. The number of aryl methyl sites for hydroxylation is 2. The molecule has 0 aromatic carbocycles. The van der Waals surface area contributed by atoms with Crippen LogP contribution in [0, 0.1) is 19.3 Å². The van der Waals surface area contributed by atoms with Crippen molar-refractivity contribution in [3.05, 3.63) is 41.7 Å². The summed E-state index contributed by atoms with van der Waals surface area (Å²) in [5.74, 6) is 0.302. The zero-order valence-electron chi connectivity index (χ0n) is 17.2. The average Bonchev–Trinajstić information content (AvgIpc) is 3.12. The fraction of sp³-hybridized carbons (Fsp3) is 0.571. The number of carbonyl (C=O) groups excluding carboxylic acids is 2. The molecule has 0 bridgehead atoms. The molecule has 0 radical (unpaired) electrons. The Morgan fingerprint density at radius 2 is 1.93 bits per heavy atom. The third-order valence-electron chi connectivity index (χ3n) is 6.33. The van der Waals surface area contributed by atoms with Crippen molar-refractivity contribution >= 4 is 11.8 Å². The van der Waals surface area contributed by atoms with Crippen molar-refractivity contribution < 1.29 is 9.59 Å². The smallest absolute Gasteiger partial charge is 0.244 e. The minimum atomic E-state index is 0.102. The lowest BCUT2D eigenvalue weighted by Gasteiger charge is -2.47. The van der Waals surface area contributed by atoms with E-state index in [4.69, 9.17) is 0 Å². The second kappa shape index (κ2) is 7.93. The number of likely N-dealkylation sites (tertiary alicyclic amines) is 2. The van der Waals surface area contributed by atoms with Crippen LogP contribution in [0.4, 0.5) is 0 Å². The summed E-state index contributed by atoms with van der Waals surface area (Å²) in [5.41, 5.74) is 2.79. The maximum atomic E-state index is 12.7. The highest BCUT2D eigenvalue weighted by Crippen LogP contribution is 2.40. The molecule has 154 valence electrons. The molecule has 0 atom stereocenters. The summed E-state index contributed by atoms with van der Waals surface area (Å²) in [5, 5.41) is 4.21. The van der Waals surface area contributed by atoms with Crippen LogP contribution in [0.15, 0.2) is 24.7 Å². The van der Waals surface area contributed by atoms with Crippen LogP contribution in [0.2, 0.25) is 0 Å². The van der Waals surface area contributed by atoms with Gasteiger partial charge >= 0.3 is 0 Å². The van der Waals surface area contributed by atoms with E-state index in [9.17, 15) is 9.59 Å². The van der Waals surface area contributed by atoms with Crippen LogP contribution < -0.4 is 0 Å². The number of nitrogens with zero attached hydrogens (tertiary/aromatic N) is 6. The average molecular weight is 396 g/mol. The minimum absolute atomic E-state index is 0.102. The van der Waals surface area contributed by atoms with E-state index in [1.165, 1.54) is 0 Å². The largest absolute Gasteiger partial charge is 0.341 e. The van der Waals surface area contributed by atoms with Crippen molar-refractivity contribution in [2.45, 2.75) is 52.6 Å². The minimum Gasteiger partial charge on any atom is -0.341 e. The fourth-order valence-corrected chi connectivity index (χ4v) is 4.37. The first kappa shape index (κ1) is 19.5. The van der Waals surface area contributed by atoms with Crippen molar-refractivity contribution in [3.8, 4) is 0 Å². The Morgan fingerprint density at radius 3 is 2.59 bits per heavy atom. The van der Waals surface area contributed by atoms with E-state index in [1.54, 1.807) is 23.3 Å². The standard InChI is InChI=1S/C21H28N6O2/c1-16-11-23-18(12-22-16)13-26-15-21(5-3-19(26)28)6-9-25(10-7-21)20(29)14-27-17(2)4-8-24-27/h4,8,11-12H,3,5-7,9-10,13-15H2,1-2H3. The Hall–Kier alpha value is -2.77. The lowest BCUT2D eigenvalue weighted by atomic mass is 9.72. The molecule has 2 aromatic rings. The molecule has 4 rings (SSSR count). The van der Waals surface area contributed by atoms with Gasteiger partial charge in [0.1, 0.15) is 6.54 Å². The van der Waals surface area contributed by atoms with Gasteiger partial charge in [-0.2, -0.15) is 5.10 Å². The van der Waals surface area contributed by atoms with Crippen molar-refractivity contribution in [2.24, 2.45) is 5.41 Å². The molecule has 2 saturated heterocycles. The van der Waals surface area contributed by atoms with E-state index in [2.05, 4.69) is 15.1 Å². The molecule has 4 heterocycles. The number of aromatic nitrogens is 4. The first-order valence-corrected chi connectivity index (χ1v) is 10.3. The van der Waals surface area contributed by atoms with E-state index in [-0.39, 0.29) is 17.2 Å². The van der Waals surface area contributed by atoms with E-state index >= 15 is 0 Å². The molecule has 2 amide bonds. The van der Waals surface area contributed by atoms with E-state index < -0.39 is 0 Å². The first-order chi connectivity index (χ1) is 13.9. The molecule has 2 fully saturated rings. The van der Waals surface area contributed by atoms with Crippen LogP contribution in [-0.4, -0.2) is 61.0 Å². The highest BCUT2D eigenvalue weighted by atomic mass is 16.2. The highest BCUT2D eigenvalue weighted by Gasteiger charge is 2.41. The normalized spacial score (nSPS) is 19.0. The predicted octanol–water partition coefficient (Wildman–Crippen LogP) is 1.72. The molecule has 29 heavy (non-hydrogen) atoms. The molecular weight excluding hydrogens is 368 g/mol. The van der Waals surface area contributed by atoms with Crippen LogP contribution in [0.1, 0.15) is 42.8 Å². The fourth-order valence-electron chi connectivity index (χ4n) is 4.37. The molecule has 2 aliphatic rings. The Morgan fingerprint density at radius 1 is 1.14 bits per heavy atom. The van der Waals surface area contributed by atoms with Gasteiger partial charge in [-0.25, -0.2) is 0 Å². The van der Waals surface area contributed by atoms with Crippen LogP contribution in [0.5, 0.6) is 0 Å². The van der Waals surface area contributed by atoms with Gasteiger partial charge in [0.15, 0.2) is 0 Å². The van der Waals surface area contributed by atoms with Crippen molar-refractivity contribution in [1.29, 1.82) is 0 Å². The third kappa shape index (κ3) is 4.31. The summed E-state index contributed by atoms with van der Waals surface area (Å²) < 4.78 is 1.75. The number of hydrogen-bond donors (Lipinski definition) is 0. The number of carbonyl (C=O) groups is 2. The summed E-state index contributed by atoms with van der Waals surface area (Å²) in [7, 11) is 0. The Bertz CT molecular complexity index is 883. The van der Waals surface area contributed by atoms with Gasteiger partial charge in [-0.15, -0.1) is 0 Å². The maximum Gasteiger partial charge on any atom is 0.244 e.